The number of piperidine rings is 1. The van der Waals surface area contributed by atoms with E-state index in [4.69, 9.17) is 0 Å². The summed E-state index contributed by atoms with van der Waals surface area (Å²) in [6.45, 7) is 2.10. The molecule has 2 atom stereocenters. The van der Waals surface area contributed by atoms with E-state index in [1.165, 1.54) is 29.6 Å². The highest BCUT2D eigenvalue weighted by molar-refractivity contribution is 5.92. The van der Waals surface area contributed by atoms with Gasteiger partial charge in [-0.2, -0.15) is 26.3 Å². The number of amides is 1. The van der Waals surface area contributed by atoms with Crippen molar-refractivity contribution in [1.82, 2.24) is 19.4 Å². The summed E-state index contributed by atoms with van der Waals surface area (Å²) in [7, 11) is 3.72. The van der Waals surface area contributed by atoms with E-state index in [0.717, 1.165) is 25.2 Å². The van der Waals surface area contributed by atoms with Crippen LogP contribution in [0.25, 0.3) is 0 Å². The second kappa shape index (κ2) is 8.34. The first-order valence-corrected chi connectivity index (χ1v) is 10.5. The average Bonchev–Trinajstić information content (AvgIpc) is 3.02. The molecule has 2 aliphatic rings. The highest BCUT2D eigenvalue weighted by atomic mass is 19.4. The second-order valence-electron chi connectivity index (χ2n) is 9.08. The number of fused-ring (bicyclic) bond motifs is 1. The quantitative estimate of drug-likeness (QED) is 0.593. The van der Waals surface area contributed by atoms with E-state index < -0.39 is 29.7 Å². The fraction of sp³-hybridized carbons (Fsp3) is 0.545. The zero-order chi connectivity index (χ0) is 24.1. The maximum atomic E-state index is 13.2. The van der Waals surface area contributed by atoms with Gasteiger partial charge >= 0.3 is 12.4 Å². The fourth-order valence-corrected chi connectivity index (χ4v) is 4.95. The Morgan fingerprint density at radius 1 is 1.12 bits per heavy atom. The zero-order valence-electron chi connectivity index (χ0n) is 18.1. The third-order valence-electron chi connectivity index (χ3n) is 6.51. The molecule has 0 bridgehead atoms. The summed E-state index contributed by atoms with van der Waals surface area (Å²) >= 11 is 0. The number of halogens is 6. The standard InChI is InChI=1S/C22H24F6N4O/c1-30-8-15-16(9-30)17(15)10-32(20(33)18-11-31(2)12-29-18)7-13-4-3-5-14(6-13)19(21(23,24)25)22(26,27)28/h3-6,11-12,15-17,19H,7-10H2,1-2H3. The summed E-state index contributed by atoms with van der Waals surface area (Å²) in [5.74, 6) is -2.83. The molecule has 2 fully saturated rings. The molecule has 1 aliphatic heterocycles. The molecule has 1 aromatic carbocycles. The van der Waals surface area contributed by atoms with Crippen molar-refractivity contribution >= 4 is 5.91 Å². The minimum absolute atomic E-state index is 0.0997. The summed E-state index contributed by atoms with van der Waals surface area (Å²) in [4.78, 5) is 20.9. The van der Waals surface area contributed by atoms with Crippen LogP contribution in [0.3, 0.4) is 0 Å². The van der Waals surface area contributed by atoms with Crippen LogP contribution in [-0.4, -0.2) is 64.3 Å². The minimum atomic E-state index is -5.47. The maximum Gasteiger partial charge on any atom is 0.404 e. The topological polar surface area (TPSA) is 41.4 Å². The molecule has 1 aromatic heterocycles. The Kier molecular flexibility index (Phi) is 5.96. The van der Waals surface area contributed by atoms with Crippen LogP contribution in [0.15, 0.2) is 36.8 Å². The molecular weight excluding hydrogens is 450 g/mol. The molecule has 11 heteroatoms. The predicted molar refractivity (Wildman–Crippen MR) is 107 cm³/mol. The van der Waals surface area contributed by atoms with Gasteiger partial charge in [0, 0.05) is 39.4 Å². The molecule has 1 saturated carbocycles. The fourth-order valence-electron chi connectivity index (χ4n) is 4.95. The smallest absolute Gasteiger partial charge is 0.340 e. The molecule has 4 rings (SSSR count). The Morgan fingerprint density at radius 3 is 2.30 bits per heavy atom. The molecule has 0 spiro atoms. The van der Waals surface area contributed by atoms with Crippen LogP contribution in [0.1, 0.15) is 27.5 Å². The van der Waals surface area contributed by atoms with Gasteiger partial charge in [0.1, 0.15) is 5.69 Å². The normalized spacial score (nSPS) is 23.1. The average molecular weight is 474 g/mol. The number of hydrogen-bond donors (Lipinski definition) is 0. The van der Waals surface area contributed by atoms with Crippen LogP contribution in [0.5, 0.6) is 0 Å². The lowest BCUT2D eigenvalue weighted by molar-refractivity contribution is -0.253. The Morgan fingerprint density at radius 2 is 1.76 bits per heavy atom. The van der Waals surface area contributed by atoms with Gasteiger partial charge in [-0.1, -0.05) is 24.3 Å². The highest BCUT2D eigenvalue weighted by Crippen LogP contribution is 2.51. The highest BCUT2D eigenvalue weighted by Gasteiger charge is 2.57. The van der Waals surface area contributed by atoms with Gasteiger partial charge < -0.3 is 14.4 Å². The first kappa shape index (κ1) is 23.6. The number of aryl methyl sites for hydroxylation is 1. The summed E-state index contributed by atoms with van der Waals surface area (Å²) in [6, 6.07) is 4.32. The maximum absolute atomic E-state index is 13.2. The molecule has 2 unspecified atom stereocenters. The minimum Gasteiger partial charge on any atom is -0.340 e. The van der Waals surface area contributed by atoms with E-state index in [0.29, 0.717) is 18.4 Å². The lowest BCUT2D eigenvalue weighted by Gasteiger charge is -2.26. The van der Waals surface area contributed by atoms with Crippen LogP contribution in [-0.2, 0) is 13.6 Å². The first-order valence-electron chi connectivity index (χ1n) is 10.5. The Hall–Kier alpha value is -2.56. The third-order valence-corrected chi connectivity index (χ3v) is 6.51. The van der Waals surface area contributed by atoms with Gasteiger partial charge in [0.2, 0.25) is 0 Å². The number of aromatic nitrogens is 2. The molecule has 33 heavy (non-hydrogen) atoms. The Labute approximate surface area is 187 Å². The lowest BCUT2D eigenvalue weighted by Crippen LogP contribution is -2.35. The third kappa shape index (κ3) is 5.02. The van der Waals surface area contributed by atoms with E-state index in [9.17, 15) is 31.1 Å². The molecule has 5 nitrogen and oxygen atoms in total. The number of carbonyl (C=O) groups is 1. The largest absolute Gasteiger partial charge is 0.404 e. The van der Waals surface area contributed by atoms with Gasteiger partial charge in [-0.3, -0.25) is 4.79 Å². The number of imidazole rings is 1. The molecule has 0 radical (unpaired) electrons. The van der Waals surface area contributed by atoms with Crippen LogP contribution in [0.4, 0.5) is 26.3 Å². The summed E-state index contributed by atoms with van der Waals surface area (Å²) in [5.41, 5.74) is -0.499. The monoisotopic (exact) mass is 474 g/mol. The van der Waals surface area contributed by atoms with Crippen molar-refractivity contribution in [3.63, 3.8) is 0 Å². The molecule has 2 aromatic rings. The molecule has 2 heterocycles. The van der Waals surface area contributed by atoms with Gasteiger partial charge in [0.05, 0.1) is 6.33 Å². The first-order chi connectivity index (χ1) is 15.3. The van der Waals surface area contributed by atoms with Crippen molar-refractivity contribution in [2.24, 2.45) is 24.8 Å². The number of hydrogen-bond acceptors (Lipinski definition) is 3. The van der Waals surface area contributed by atoms with Gasteiger partial charge in [-0.05, 0) is 35.9 Å². The van der Waals surface area contributed by atoms with E-state index >= 15 is 0 Å². The molecule has 180 valence electrons. The van der Waals surface area contributed by atoms with E-state index in [1.807, 2.05) is 7.05 Å². The van der Waals surface area contributed by atoms with Crippen LogP contribution in [0, 0.1) is 17.8 Å². The van der Waals surface area contributed by atoms with Gasteiger partial charge in [0.25, 0.3) is 5.91 Å². The van der Waals surface area contributed by atoms with Crippen LogP contribution >= 0.6 is 0 Å². The number of alkyl halides is 6. The molecule has 1 aliphatic carbocycles. The number of rotatable bonds is 6. The van der Waals surface area contributed by atoms with E-state index in [-0.39, 0.29) is 23.7 Å². The molecule has 1 saturated heterocycles. The van der Waals surface area contributed by atoms with Crippen molar-refractivity contribution in [1.29, 1.82) is 0 Å². The molecule has 0 N–H and O–H groups in total. The number of nitrogens with zero attached hydrogens (tertiary/aromatic N) is 4. The van der Waals surface area contributed by atoms with Gasteiger partial charge in [-0.25, -0.2) is 4.98 Å². The second-order valence-corrected chi connectivity index (χ2v) is 9.08. The summed E-state index contributed by atoms with van der Waals surface area (Å²) in [6.07, 6.45) is -7.95. The van der Waals surface area contributed by atoms with Crippen LogP contribution in [0.2, 0.25) is 0 Å². The van der Waals surface area contributed by atoms with Gasteiger partial charge in [0.15, 0.2) is 5.92 Å². The van der Waals surface area contributed by atoms with Crippen molar-refractivity contribution in [3.8, 4) is 0 Å². The summed E-state index contributed by atoms with van der Waals surface area (Å²) < 4.78 is 80.8. The van der Waals surface area contributed by atoms with E-state index in [2.05, 4.69) is 9.88 Å². The lowest BCUT2D eigenvalue weighted by atomic mass is 9.96. The number of carbonyl (C=O) groups excluding carboxylic acids is 1. The Bertz CT molecular complexity index is 991. The predicted octanol–water partition coefficient (Wildman–Crippen LogP) is 4.08. The Balaban J connectivity index is 1.58. The van der Waals surface area contributed by atoms with Crippen molar-refractivity contribution in [2.75, 3.05) is 26.7 Å². The summed E-state index contributed by atoms with van der Waals surface area (Å²) in [5, 5.41) is 0. The van der Waals surface area contributed by atoms with Crippen LogP contribution < -0.4 is 0 Å². The van der Waals surface area contributed by atoms with Crippen molar-refractivity contribution < 1.29 is 31.1 Å². The van der Waals surface area contributed by atoms with E-state index in [1.54, 1.807) is 11.6 Å². The zero-order valence-corrected chi connectivity index (χ0v) is 18.1. The van der Waals surface area contributed by atoms with Crippen molar-refractivity contribution in [3.05, 3.63) is 53.6 Å². The van der Waals surface area contributed by atoms with Gasteiger partial charge in [-0.15, -0.1) is 0 Å². The SMILES string of the molecule is CN1CC2C(C1)C2CN(Cc1cccc(C(C(F)(F)F)C(F)(F)F)c1)C(=O)c1cn(C)cn1. The van der Waals surface area contributed by atoms with Crippen molar-refractivity contribution in [2.45, 2.75) is 24.8 Å². The number of likely N-dealkylation sites (tertiary alicyclic amines) is 1. The molecule has 1 amide bonds. The number of benzene rings is 1. The molecular formula is C22H24F6N4O.